The van der Waals surface area contributed by atoms with Crippen LogP contribution in [0, 0.1) is 0 Å². The van der Waals surface area contributed by atoms with Crippen LogP contribution in [0.4, 0.5) is 13.2 Å². The summed E-state index contributed by atoms with van der Waals surface area (Å²) >= 11 is 0. The van der Waals surface area contributed by atoms with E-state index in [4.69, 9.17) is 14.2 Å². The summed E-state index contributed by atoms with van der Waals surface area (Å²) in [7, 11) is 1.68. The molecule has 0 saturated carbocycles. The fraction of sp³-hybridized carbons (Fsp3) is 0.632. The number of aliphatic imine (C=N–C) groups is 1. The van der Waals surface area contributed by atoms with Crippen molar-refractivity contribution in [3.05, 3.63) is 29.8 Å². The van der Waals surface area contributed by atoms with Crippen LogP contribution in [-0.2, 0) is 15.7 Å². The molecule has 0 bridgehead atoms. The average Bonchev–Trinajstić information content (AvgIpc) is 3.23. The third kappa shape index (κ3) is 6.61. The Kier molecular flexibility index (Phi) is 9.28. The van der Waals surface area contributed by atoms with E-state index >= 15 is 0 Å². The molecule has 0 radical (unpaired) electrons. The monoisotopic (exact) mass is 529 g/mol. The molecular formula is C19H27F3IN3O3. The molecule has 2 atom stereocenters. The highest BCUT2D eigenvalue weighted by molar-refractivity contribution is 14.0. The quantitative estimate of drug-likeness (QED) is 0.275. The molecule has 3 rings (SSSR count). The third-order valence-electron chi connectivity index (χ3n) is 4.82. The van der Waals surface area contributed by atoms with Crippen LogP contribution in [0.3, 0.4) is 0 Å². The van der Waals surface area contributed by atoms with E-state index in [1.807, 2.05) is 0 Å². The summed E-state index contributed by atoms with van der Waals surface area (Å²) < 4.78 is 55.9. The van der Waals surface area contributed by atoms with Crippen molar-refractivity contribution in [3.63, 3.8) is 0 Å². The Morgan fingerprint density at radius 3 is 2.69 bits per heavy atom. The normalized spacial score (nSPS) is 22.9. The van der Waals surface area contributed by atoms with Gasteiger partial charge in [-0.05, 0) is 25.0 Å². The lowest BCUT2D eigenvalue weighted by Gasteiger charge is -2.37. The Hall–Kier alpha value is -1.27. The summed E-state index contributed by atoms with van der Waals surface area (Å²) in [6.45, 7) is 3.14. The minimum absolute atomic E-state index is 0. The minimum Gasteiger partial charge on any atom is -0.491 e. The van der Waals surface area contributed by atoms with Gasteiger partial charge in [-0.2, -0.15) is 13.2 Å². The number of para-hydroxylation sites is 1. The van der Waals surface area contributed by atoms with E-state index < -0.39 is 11.7 Å². The molecule has 2 heterocycles. The molecule has 2 fully saturated rings. The van der Waals surface area contributed by atoms with Crippen molar-refractivity contribution in [1.29, 1.82) is 0 Å². The van der Waals surface area contributed by atoms with E-state index in [1.165, 1.54) is 18.2 Å². The molecule has 164 valence electrons. The van der Waals surface area contributed by atoms with Crippen LogP contribution in [0.5, 0.6) is 5.75 Å². The van der Waals surface area contributed by atoms with Gasteiger partial charge in [0.1, 0.15) is 18.5 Å². The number of hydrogen-bond acceptors (Lipinski definition) is 4. The van der Waals surface area contributed by atoms with Crippen LogP contribution in [-0.4, -0.2) is 69.6 Å². The molecule has 2 unspecified atom stereocenters. The largest absolute Gasteiger partial charge is 0.491 e. The first-order chi connectivity index (χ1) is 13.5. The number of guanidine groups is 1. The van der Waals surface area contributed by atoms with Crippen LogP contribution in [0.2, 0.25) is 0 Å². The Morgan fingerprint density at radius 1 is 1.24 bits per heavy atom. The van der Waals surface area contributed by atoms with Crippen LogP contribution >= 0.6 is 24.0 Å². The Bertz CT molecular complexity index is 670. The number of rotatable bonds is 5. The molecular weight excluding hydrogens is 502 g/mol. The van der Waals surface area contributed by atoms with Crippen molar-refractivity contribution in [2.24, 2.45) is 4.99 Å². The van der Waals surface area contributed by atoms with Crippen molar-refractivity contribution >= 4 is 29.9 Å². The maximum atomic E-state index is 13.0. The van der Waals surface area contributed by atoms with E-state index in [2.05, 4.69) is 15.2 Å². The van der Waals surface area contributed by atoms with Gasteiger partial charge in [-0.25, -0.2) is 0 Å². The van der Waals surface area contributed by atoms with Gasteiger partial charge in [0.15, 0.2) is 5.96 Å². The topological polar surface area (TPSA) is 55.3 Å². The Balaban J connectivity index is 0.00000300. The van der Waals surface area contributed by atoms with Crippen molar-refractivity contribution in [2.75, 3.05) is 46.5 Å². The predicted octanol–water partition coefficient (Wildman–Crippen LogP) is 3.16. The molecule has 10 heteroatoms. The van der Waals surface area contributed by atoms with Crippen molar-refractivity contribution < 1.29 is 27.4 Å². The second-order valence-electron chi connectivity index (χ2n) is 6.72. The molecule has 2 saturated heterocycles. The Morgan fingerprint density at radius 2 is 2.00 bits per heavy atom. The number of benzene rings is 1. The summed E-state index contributed by atoms with van der Waals surface area (Å²) in [5.74, 6) is 0.510. The lowest BCUT2D eigenvalue weighted by molar-refractivity contribution is -0.138. The number of morpholine rings is 1. The number of halogens is 4. The second kappa shape index (κ2) is 11.2. The number of nitrogens with zero attached hydrogens (tertiary/aromatic N) is 2. The van der Waals surface area contributed by atoms with Gasteiger partial charge < -0.3 is 24.4 Å². The molecule has 2 aliphatic heterocycles. The van der Waals surface area contributed by atoms with Gasteiger partial charge in [0.05, 0.1) is 24.8 Å². The van der Waals surface area contributed by atoms with Gasteiger partial charge >= 0.3 is 6.18 Å². The fourth-order valence-corrected chi connectivity index (χ4v) is 3.47. The summed E-state index contributed by atoms with van der Waals surface area (Å²) in [5.41, 5.74) is -0.771. The van der Waals surface area contributed by atoms with Crippen LogP contribution in [0.15, 0.2) is 29.3 Å². The van der Waals surface area contributed by atoms with E-state index in [9.17, 15) is 13.2 Å². The maximum absolute atomic E-state index is 13.0. The smallest absolute Gasteiger partial charge is 0.419 e. The number of hydrogen-bond donors (Lipinski definition) is 1. The SMILES string of the molecule is CN=C(NCCOc1ccccc1C(F)(F)F)N1CCOC(C2CCCO2)C1.I. The molecule has 0 aliphatic carbocycles. The number of nitrogens with one attached hydrogen (secondary N) is 1. The van der Waals surface area contributed by atoms with Crippen molar-refractivity contribution in [1.82, 2.24) is 10.2 Å². The van der Waals surface area contributed by atoms with Gasteiger partial charge in [-0.1, -0.05) is 12.1 Å². The zero-order valence-corrected chi connectivity index (χ0v) is 18.6. The summed E-state index contributed by atoms with van der Waals surface area (Å²) in [6, 6.07) is 5.21. The highest BCUT2D eigenvalue weighted by Crippen LogP contribution is 2.35. The Labute approximate surface area is 185 Å². The van der Waals surface area contributed by atoms with Gasteiger partial charge in [-0.3, -0.25) is 4.99 Å². The molecule has 1 aromatic carbocycles. The first-order valence-corrected chi connectivity index (χ1v) is 9.47. The summed E-state index contributed by atoms with van der Waals surface area (Å²) in [5, 5.41) is 3.15. The molecule has 2 aliphatic rings. The standard InChI is InChI=1S/C19H26F3N3O3.HI/c1-23-18(25-9-12-28-17(13-25)16-7-4-10-26-16)24-8-11-27-15-6-3-2-5-14(15)19(20,21)22;/h2-3,5-6,16-17H,4,7-13H2,1H3,(H,23,24);1H. The first kappa shape index (κ1) is 24.0. The molecule has 0 amide bonds. The highest BCUT2D eigenvalue weighted by atomic mass is 127. The molecule has 1 N–H and O–H groups in total. The van der Waals surface area contributed by atoms with Gasteiger partial charge in [0, 0.05) is 26.7 Å². The van der Waals surface area contributed by atoms with Gasteiger partial charge in [0.25, 0.3) is 0 Å². The van der Waals surface area contributed by atoms with Crippen molar-refractivity contribution in [3.8, 4) is 5.75 Å². The predicted molar refractivity (Wildman–Crippen MR) is 114 cm³/mol. The summed E-state index contributed by atoms with van der Waals surface area (Å²) in [4.78, 5) is 6.36. The van der Waals surface area contributed by atoms with E-state index in [-0.39, 0.29) is 48.5 Å². The third-order valence-corrected chi connectivity index (χ3v) is 4.82. The first-order valence-electron chi connectivity index (χ1n) is 9.47. The number of alkyl halides is 3. The highest BCUT2D eigenvalue weighted by Gasteiger charge is 2.34. The zero-order chi connectivity index (χ0) is 20.0. The molecule has 29 heavy (non-hydrogen) atoms. The van der Waals surface area contributed by atoms with E-state index in [0.717, 1.165) is 25.5 Å². The average molecular weight is 529 g/mol. The van der Waals surface area contributed by atoms with Crippen LogP contribution < -0.4 is 10.1 Å². The molecule has 6 nitrogen and oxygen atoms in total. The maximum Gasteiger partial charge on any atom is 0.419 e. The van der Waals surface area contributed by atoms with Crippen LogP contribution in [0.25, 0.3) is 0 Å². The minimum atomic E-state index is -4.44. The van der Waals surface area contributed by atoms with Gasteiger partial charge in [-0.15, -0.1) is 24.0 Å². The number of ether oxygens (including phenoxy) is 3. The van der Waals surface area contributed by atoms with E-state index in [1.54, 1.807) is 7.05 Å². The summed E-state index contributed by atoms with van der Waals surface area (Å²) in [6.07, 6.45) is -2.27. The lowest BCUT2D eigenvalue weighted by Crippen LogP contribution is -2.53. The van der Waals surface area contributed by atoms with Gasteiger partial charge in [0.2, 0.25) is 0 Å². The van der Waals surface area contributed by atoms with E-state index in [0.29, 0.717) is 32.2 Å². The molecule has 0 spiro atoms. The fourth-order valence-electron chi connectivity index (χ4n) is 3.47. The molecule has 0 aromatic heterocycles. The second-order valence-corrected chi connectivity index (χ2v) is 6.72. The molecule has 1 aromatic rings. The zero-order valence-electron chi connectivity index (χ0n) is 16.3. The van der Waals surface area contributed by atoms with Crippen LogP contribution in [0.1, 0.15) is 18.4 Å². The van der Waals surface area contributed by atoms with Crippen molar-refractivity contribution in [2.45, 2.75) is 31.2 Å². The lowest BCUT2D eigenvalue weighted by atomic mass is 10.1.